The van der Waals surface area contributed by atoms with Crippen LogP contribution in [0.5, 0.6) is 5.75 Å². The Labute approximate surface area is 190 Å². The summed E-state index contributed by atoms with van der Waals surface area (Å²) in [6.07, 6.45) is 19.1. The van der Waals surface area contributed by atoms with Gasteiger partial charge in [-0.3, -0.25) is 4.79 Å². The molecule has 31 heavy (non-hydrogen) atoms. The molecule has 0 aliphatic rings. The summed E-state index contributed by atoms with van der Waals surface area (Å²) in [7, 11) is 1.60. The summed E-state index contributed by atoms with van der Waals surface area (Å²) in [5.41, 5.74) is 2.66. The number of hydrogen-bond donors (Lipinski definition) is 0. The van der Waals surface area contributed by atoms with Crippen LogP contribution < -0.4 is 4.74 Å². The Morgan fingerprint density at radius 2 is 1.19 bits per heavy atom. The number of benzene rings is 2. The summed E-state index contributed by atoms with van der Waals surface area (Å²) in [5.74, 6) is 0.647. The first-order chi connectivity index (χ1) is 15.3. The molecule has 2 aromatic rings. The molecule has 0 aliphatic heterocycles. The van der Waals surface area contributed by atoms with E-state index in [4.69, 9.17) is 4.74 Å². The largest absolute Gasteiger partial charge is 0.496 e. The highest BCUT2D eigenvalue weighted by atomic mass is 16.5. The molecule has 0 spiro atoms. The summed E-state index contributed by atoms with van der Waals surface area (Å²) in [5, 5.41) is 0. The fraction of sp³-hybridized carbons (Fsp3) is 0.552. The summed E-state index contributed by atoms with van der Waals surface area (Å²) in [6.45, 7) is 2.28. The molecule has 0 N–H and O–H groups in total. The molecule has 0 fully saturated rings. The molecule has 0 saturated carbocycles. The monoisotopic (exact) mass is 422 g/mol. The zero-order chi connectivity index (χ0) is 22.2. The molecule has 0 unspecified atom stereocenters. The molecule has 0 bridgehead atoms. The SMILES string of the molecule is CCCCCCCCCCCCCCCc1ccc(C(=O)c2ccccc2OC)cc1. The number of carbonyl (C=O) groups excluding carboxylic acids is 1. The Morgan fingerprint density at radius 1 is 0.677 bits per heavy atom. The van der Waals surface area contributed by atoms with Gasteiger partial charge in [0.25, 0.3) is 0 Å². The number of ketones is 1. The normalized spacial score (nSPS) is 10.9. The van der Waals surface area contributed by atoms with Crippen LogP contribution in [0.15, 0.2) is 48.5 Å². The number of unbranched alkanes of at least 4 members (excludes halogenated alkanes) is 12. The molecule has 2 rings (SSSR count). The van der Waals surface area contributed by atoms with E-state index in [0.29, 0.717) is 11.3 Å². The second-order valence-electron chi connectivity index (χ2n) is 8.72. The third-order valence-electron chi connectivity index (χ3n) is 6.14. The summed E-state index contributed by atoms with van der Waals surface area (Å²) < 4.78 is 5.32. The van der Waals surface area contributed by atoms with E-state index < -0.39 is 0 Å². The molecule has 0 atom stereocenters. The van der Waals surface area contributed by atoms with Crippen LogP contribution in [0.25, 0.3) is 0 Å². The van der Waals surface area contributed by atoms with E-state index in [1.807, 2.05) is 36.4 Å². The van der Waals surface area contributed by atoms with Crippen LogP contribution >= 0.6 is 0 Å². The number of rotatable bonds is 17. The Morgan fingerprint density at radius 3 is 1.74 bits per heavy atom. The maximum atomic E-state index is 12.7. The molecule has 2 heteroatoms. The lowest BCUT2D eigenvalue weighted by molar-refractivity contribution is 0.103. The second-order valence-corrected chi connectivity index (χ2v) is 8.72. The first kappa shape index (κ1) is 25.2. The summed E-state index contributed by atoms with van der Waals surface area (Å²) in [4.78, 5) is 12.7. The van der Waals surface area contributed by atoms with Gasteiger partial charge in [-0.05, 0) is 30.5 Å². The van der Waals surface area contributed by atoms with Gasteiger partial charge in [0.1, 0.15) is 5.75 Å². The van der Waals surface area contributed by atoms with Gasteiger partial charge in [0.15, 0.2) is 5.78 Å². The van der Waals surface area contributed by atoms with E-state index >= 15 is 0 Å². The minimum absolute atomic E-state index is 0.0185. The standard InChI is InChI=1S/C29H42O2/c1-3-4-5-6-7-8-9-10-11-12-13-14-15-18-25-21-23-26(24-22-25)29(30)27-19-16-17-20-28(27)31-2/h16-17,19-24H,3-15,18H2,1-2H3. The predicted octanol–water partition coefficient (Wildman–Crippen LogP) is 8.56. The van der Waals surface area contributed by atoms with Crippen molar-refractivity contribution in [1.82, 2.24) is 0 Å². The van der Waals surface area contributed by atoms with Crippen LogP contribution in [0, 0.1) is 0 Å². The van der Waals surface area contributed by atoms with E-state index in [0.717, 1.165) is 12.0 Å². The third kappa shape index (κ3) is 9.72. The van der Waals surface area contributed by atoms with Crippen LogP contribution in [0.1, 0.15) is 112 Å². The maximum Gasteiger partial charge on any atom is 0.196 e. The van der Waals surface area contributed by atoms with Crippen LogP contribution in [0.4, 0.5) is 0 Å². The number of methoxy groups -OCH3 is 1. The molecule has 0 heterocycles. The lowest BCUT2D eigenvalue weighted by Gasteiger charge is -2.08. The number of carbonyl (C=O) groups is 1. The van der Waals surface area contributed by atoms with Crippen molar-refractivity contribution in [1.29, 1.82) is 0 Å². The molecule has 0 aromatic heterocycles. The van der Waals surface area contributed by atoms with E-state index in [2.05, 4.69) is 19.1 Å². The fourth-order valence-corrected chi connectivity index (χ4v) is 4.16. The summed E-state index contributed by atoms with van der Waals surface area (Å²) >= 11 is 0. The van der Waals surface area contributed by atoms with Gasteiger partial charge in [-0.1, -0.05) is 120 Å². The van der Waals surface area contributed by atoms with Crippen molar-refractivity contribution in [2.24, 2.45) is 0 Å². The van der Waals surface area contributed by atoms with Crippen LogP contribution in [-0.2, 0) is 6.42 Å². The predicted molar refractivity (Wildman–Crippen MR) is 132 cm³/mol. The van der Waals surface area contributed by atoms with Crippen LogP contribution in [0.2, 0.25) is 0 Å². The highest BCUT2D eigenvalue weighted by molar-refractivity contribution is 6.10. The summed E-state index contributed by atoms with van der Waals surface area (Å²) in [6, 6.07) is 15.5. The van der Waals surface area contributed by atoms with Gasteiger partial charge in [-0.15, -0.1) is 0 Å². The minimum Gasteiger partial charge on any atom is -0.496 e. The quantitative estimate of drug-likeness (QED) is 0.188. The Balaban J connectivity index is 1.56. The average Bonchev–Trinajstić information content (AvgIpc) is 2.82. The molecular formula is C29H42O2. The molecule has 0 amide bonds. The zero-order valence-electron chi connectivity index (χ0n) is 19.8. The number of hydrogen-bond acceptors (Lipinski definition) is 2. The zero-order valence-corrected chi connectivity index (χ0v) is 19.8. The molecular weight excluding hydrogens is 380 g/mol. The third-order valence-corrected chi connectivity index (χ3v) is 6.14. The highest BCUT2D eigenvalue weighted by Crippen LogP contribution is 2.21. The lowest BCUT2D eigenvalue weighted by Crippen LogP contribution is -2.04. The van der Waals surface area contributed by atoms with Crippen molar-refractivity contribution in [3.05, 3.63) is 65.2 Å². The lowest BCUT2D eigenvalue weighted by atomic mass is 9.99. The van der Waals surface area contributed by atoms with Crippen molar-refractivity contribution in [2.75, 3.05) is 7.11 Å². The van der Waals surface area contributed by atoms with Gasteiger partial charge in [0.05, 0.1) is 12.7 Å². The molecule has 0 radical (unpaired) electrons. The van der Waals surface area contributed by atoms with Gasteiger partial charge < -0.3 is 4.74 Å². The second kappa shape index (κ2) is 15.7. The number of para-hydroxylation sites is 1. The average molecular weight is 423 g/mol. The Bertz CT molecular complexity index is 733. The minimum atomic E-state index is 0.0185. The molecule has 170 valence electrons. The molecule has 2 nitrogen and oxygen atoms in total. The topological polar surface area (TPSA) is 26.3 Å². The van der Waals surface area contributed by atoms with Gasteiger partial charge in [0.2, 0.25) is 0 Å². The smallest absolute Gasteiger partial charge is 0.196 e. The first-order valence-electron chi connectivity index (χ1n) is 12.5. The van der Waals surface area contributed by atoms with Gasteiger partial charge >= 0.3 is 0 Å². The van der Waals surface area contributed by atoms with E-state index in [1.54, 1.807) is 7.11 Å². The molecule has 0 saturated heterocycles. The maximum absolute atomic E-state index is 12.7. The van der Waals surface area contributed by atoms with E-state index in [1.165, 1.54) is 89.0 Å². The number of ether oxygens (including phenoxy) is 1. The van der Waals surface area contributed by atoms with Crippen LogP contribution in [-0.4, -0.2) is 12.9 Å². The first-order valence-corrected chi connectivity index (χ1v) is 12.5. The van der Waals surface area contributed by atoms with Crippen LogP contribution in [0.3, 0.4) is 0 Å². The molecule has 0 aliphatic carbocycles. The van der Waals surface area contributed by atoms with E-state index in [9.17, 15) is 4.79 Å². The van der Waals surface area contributed by atoms with Gasteiger partial charge in [-0.25, -0.2) is 0 Å². The number of aryl methyl sites for hydroxylation is 1. The van der Waals surface area contributed by atoms with Crippen molar-refractivity contribution < 1.29 is 9.53 Å². The van der Waals surface area contributed by atoms with Crippen molar-refractivity contribution >= 4 is 5.78 Å². The van der Waals surface area contributed by atoms with Crippen molar-refractivity contribution in [3.63, 3.8) is 0 Å². The molecule has 2 aromatic carbocycles. The van der Waals surface area contributed by atoms with Crippen molar-refractivity contribution in [2.45, 2.75) is 96.8 Å². The Hall–Kier alpha value is -2.09. The van der Waals surface area contributed by atoms with Crippen molar-refractivity contribution in [3.8, 4) is 5.75 Å². The highest BCUT2D eigenvalue weighted by Gasteiger charge is 2.13. The fourth-order valence-electron chi connectivity index (χ4n) is 4.16. The Kier molecular flexibility index (Phi) is 12.7. The van der Waals surface area contributed by atoms with Gasteiger partial charge in [-0.2, -0.15) is 0 Å². The van der Waals surface area contributed by atoms with Gasteiger partial charge in [0, 0.05) is 5.56 Å². The van der Waals surface area contributed by atoms with E-state index in [-0.39, 0.29) is 5.78 Å².